The van der Waals surface area contributed by atoms with Crippen molar-refractivity contribution in [3.8, 4) is 0 Å². The van der Waals surface area contributed by atoms with E-state index >= 15 is 0 Å². The summed E-state index contributed by atoms with van der Waals surface area (Å²) in [7, 11) is 0. The maximum atomic E-state index is 11.1. The van der Waals surface area contributed by atoms with Gasteiger partial charge in [-0.25, -0.2) is 0 Å². The van der Waals surface area contributed by atoms with E-state index in [1.54, 1.807) is 6.08 Å². The van der Waals surface area contributed by atoms with Crippen molar-refractivity contribution in [1.82, 2.24) is 0 Å². The average molecular weight is 134 g/mol. The average Bonchev–Trinajstić information content (AvgIpc) is 2.24. The molecule has 3 aliphatic carbocycles. The quantitative estimate of drug-likeness (QED) is 0.461. The number of ketones is 1. The van der Waals surface area contributed by atoms with Crippen molar-refractivity contribution in [2.75, 3.05) is 0 Å². The first-order valence-corrected chi connectivity index (χ1v) is 3.76. The fraction of sp³-hybridized carbons (Fsp3) is 0.444. The number of fused-ring (bicyclic) bond motifs is 2. The highest BCUT2D eigenvalue weighted by atomic mass is 16.1. The van der Waals surface area contributed by atoms with Crippen molar-refractivity contribution in [3.05, 3.63) is 24.3 Å². The Labute approximate surface area is 60.4 Å². The van der Waals surface area contributed by atoms with Crippen LogP contribution in [-0.2, 0) is 4.79 Å². The summed E-state index contributed by atoms with van der Waals surface area (Å²) < 4.78 is 0. The first-order chi connectivity index (χ1) is 4.86. The van der Waals surface area contributed by atoms with Gasteiger partial charge in [-0.05, 0) is 24.8 Å². The highest BCUT2D eigenvalue weighted by molar-refractivity contribution is 5.93. The van der Waals surface area contributed by atoms with E-state index < -0.39 is 0 Å². The van der Waals surface area contributed by atoms with Crippen LogP contribution >= 0.6 is 0 Å². The van der Waals surface area contributed by atoms with E-state index in [-0.39, 0.29) is 11.7 Å². The third-order valence-corrected chi connectivity index (χ3v) is 2.27. The molecule has 0 spiro atoms. The molecule has 0 aliphatic heterocycles. The van der Waals surface area contributed by atoms with Crippen LogP contribution in [0, 0.1) is 11.8 Å². The molecule has 0 N–H and O–H groups in total. The summed E-state index contributed by atoms with van der Waals surface area (Å²) in [6, 6.07) is 0. The van der Waals surface area contributed by atoms with Gasteiger partial charge in [-0.3, -0.25) is 4.79 Å². The monoisotopic (exact) mass is 134 g/mol. The second kappa shape index (κ2) is 2.08. The zero-order valence-electron chi connectivity index (χ0n) is 5.79. The van der Waals surface area contributed by atoms with Crippen LogP contribution in [0.3, 0.4) is 0 Å². The summed E-state index contributed by atoms with van der Waals surface area (Å²) in [6.07, 6.45) is 10.2. The lowest BCUT2D eigenvalue weighted by atomic mass is 9.90. The standard InChI is InChI=1S/C9H10O/c10-9-6-3-7-1-4-8(9)5-2-7/h1,3-4,6-8H,2,5H2/t7-,8+/m0/s1. The Morgan fingerprint density at radius 1 is 1.20 bits per heavy atom. The Bertz CT molecular complexity index is 213. The number of hydrogen-bond donors (Lipinski definition) is 0. The van der Waals surface area contributed by atoms with Gasteiger partial charge in [0.2, 0.25) is 0 Å². The van der Waals surface area contributed by atoms with Gasteiger partial charge in [-0.2, -0.15) is 0 Å². The van der Waals surface area contributed by atoms with Crippen LogP contribution in [0.4, 0.5) is 0 Å². The van der Waals surface area contributed by atoms with Crippen LogP contribution in [0.5, 0.6) is 0 Å². The molecule has 0 unspecified atom stereocenters. The maximum Gasteiger partial charge on any atom is 0.162 e. The van der Waals surface area contributed by atoms with Gasteiger partial charge in [0.25, 0.3) is 0 Å². The predicted octanol–water partition coefficient (Wildman–Crippen LogP) is 1.71. The Morgan fingerprint density at radius 2 is 2.10 bits per heavy atom. The van der Waals surface area contributed by atoms with Gasteiger partial charge in [0.15, 0.2) is 5.78 Å². The third kappa shape index (κ3) is 0.821. The van der Waals surface area contributed by atoms with Crippen molar-refractivity contribution < 1.29 is 4.79 Å². The minimum absolute atomic E-state index is 0.204. The molecule has 0 amide bonds. The normalized spacial score (nSPS) is 36.6. The zero-order valence-corrected chi connectivity index (χ0v) is 5.79. The fourth-order valence-electron chi connectivity index (χ4n) is 1.58. The fourth-order valence-corrected chi connectivity index (χ4v) is 1.58. The first-order valence-electron chi connectivity index (χ1n) is 3.76. The number of rotatable bonds is 0. The molecular formula is C9H10O. The summed E-state index contributed by atoms with van der Waals surface area (Å²) in [5.74, 6) is 1.04. The molecule has 0 saturated carbocycles. The number of hydrogen-bond acceptors (Lipinski definition) is 1. The van der Waals surface area contributed by atoms with Gasteiger partial charge in [0, 0.05) is 5.92 Å². The summed E-state index contributed by atoms with van der Waals surface area (Å²) >= 11 is 0. The minimum atomic E-state index is 0.204. The van der Waals surface area contributed by atoms with Crippen molar-refractivity contribution >= 4 is 5.78 Å². The van der Waals surface area contributed by atoms with Crippen LogP contribution in [0.1, 0.15) is 12.8 Å². The molecule has 10 heavy (non-hydrogen) atoms. The topological polar surface area (TPSA) is 17.1 Å². The van der Waals surface area contributed by atoms with E-state index in [0.29, 0.717) is 5.92 Å². The predicted molar refractivity (Wildman–Crippen MR) is 39.5 cm³/mol. The van der Waals surface area contributed by atoms with Gasteiger partial charge in [0.1, 0.15) is 0 Å². The smallest absolute Gasteiger partial charge is 0.162 e. The van der Waals surface area contributed by atoms with Gasteiger partial charge in [-0.1, -0.05) is 18.2 Å². The number of allylic oxidation sites excluding steroid dienone is 4. The Hall–Kier alpha value is -0.850. The maximum absolute atomic E-state index is 11.1. The summed E-state index contributed by atoms with van der Waals surface area (Å²) in [5.41, 5.74) is 0. The summed E-state index contributed by atoms with van der Waals surface area (Å²) in [6.45, 7) is 0. The molecule has 0 aromatic carbocycles. The Balaban J connectivity index is 2.37. The molecule has 0 saturated heterocycles. The summed E-state index contributed by atoms with van der Waals surface area (Å²) in [4.78, 5) is 11.1. The summed E-state index contributed by atoms with van der Waals surface area (Å²) in [5, 5.41) is 0. The Morgan fingerprint density at radius 3 is 2.80 bits per heavy atom. The van der Waals surface area contributed by atoms with Crippen molar-refractivity contribution in [2.24, 2.45) is 11.8 Å². The van der Waals surface area contributed by atoms with E-state index in [0.717, 1.165) is 12.8 Å². The van der Waals surface area contributed by atoms with Gasteiger partial charge >= 0.3 is 0 Å². The van der Waals surface area contributed by atoms with Crippen LogP contribution in [0.15, 0.2) is 24.3 Å². The van der Waals surface area contributed by atoms with Crippen LogP contribution in [-0.4, -0.2) is 5.78 Å². The van der Waals surface area contributed by atoms with Crippen molar-refractivity contribution in [2.45, 2.75) is 12.8 Å². The van der Waals surface area contributed by atoms with Crippen LogP contribution in [0.2, 0.25) is 0 Å². The zero-order chi connectivity index (χ0) is 6.97. The lowest BCUT2D eigenvalue weighted by Gasteiger charge is -2.13. The largest absolute Gasteiger partial charge is 0.294 e. The second-order valence-electron chi connectivity index (χ2n) is 2.99. The van der Waals surface area contributed by atoms with Crippen LogP contribution < -0.4 is 0 Å². The molecule has 0 radical (unpaired) electrons. The molecule has 0 fully saturated rings. The SMILES string of the molecule is O=C1C=C[C@H]2C=C[C@@H]1CC2. The van der Waals surface area contributed by atoms with Crippen molar-refractivity contribution in [1.29, 1.82) is 0 Å². The lowest BCUT2D eigenvalue weighted by Crippen LogP contribution is -2.10. The molecular weight excluding hydrogens is 124 g/mol. The van der Waals surface area contributed by atoms with Crippen LogP contribution in [0.25, 0.3) is 0 Å². The molecule has 3 aliphatic rings. The third-order valence-electron chi connectivity index (χ3n) is 2.27. The van der Waals surface area contributed by atoms with Gasteiger partial charge < -0.3 is 0 Å². The number of carbonyl (C=O) groups is 1. The number of carbonyl (C=O) groups excluding carboxylic acids is 1. The van der Waals surface area contributed by atoms with Gasteiger partial charge in [0.05, 0.1) is 0 Å². The molecule has 1 heteroatoms. The molecule has 52 valence electrons. The Kier molecular flexibility index (Phi) is 1.23. The van der Waals surface area contributed by atoms with E-state index in [1.165, 1.54) is 0 Å². The van der Waals surface area contributed by atoms with Crippen molar-refractivity contribution in [3.63, 3.8) is 0 Å². The lowest BCUT2D eigenvalue weighted by molar-refractivity contribution is -0.117. The molecule has 0 heterocycles. The van der Waals surface area contributed by atoms with E-state index in [1.807, 2.05) is 6.08 Å². The van der Waals surface area contributed by atoms with Gasteiger partial charge in [-0.15, -0.1) is 0 Å². The highest BCUT2D eigenvalue weighted by Gasteiger charge is 2.21. The molecule has 1 nitrogen and oxygen atoms in total. The minimum Gasteiger partial charge on any atom is -0.294 e. The second-order valence-corrected chi connectivity index (χ2v) is 2.99. The van der Waals surface area contributed by atoms with E-state index in [2.05, 4.69) is 12.2 Å². The first kappa shape index (κ1) is 5.90. The van der Waals surface area contributed by atoms with E-state index in [4.69, 9.17) is 0 Å². The molecule has 2 bridgehead atoms. The molecule has 3 rings (SSSR count). The molecule has 0 aromatic rings. The molecule has 0 aromatic heterocycles. The van der Waals surface area contributed by atoms with E-state index in [9.17, 15) is 4.79 Å². The molecule has 2 atom stereocenters. The highest BCUT2D eigenvalue weighted by Crippen LogP contribution is 2.27.